The Morgan fingerprint density at radius 1 is 1.24 bits per heavy atom. The lowest BCUT2D eigenvalue weighted by molar-refractivity contribution is -0.120. The van der Waals surface area contributed by atoms with E-state index in [1.807, 2.05) is 24.3 Å². The fraction of sp³-hybridized carbons (Fsp3) is 0.588. The van der Waals surface area contributed by atoms with Crippen molar-refractivity contribution >= 4 is 17.5 Å². The second-order valence-corrected chi connectivity index (χ2v) is 6.10. The second kappa shape index (κ2) is 8.28. The average Bonchev–Trinajstić information content (AvgIpc) is 2.54. The van der Waals surface area contributed by atoms with Crippen molar-refractivity contribution in [2.45, 2.75) is 32.1 Å². The molecule has 0 radical (unpaired) electrons. The number of amides is 1. The van der Waals surface area contributed by atoms with Gasteiger partial charge in [0.15, 0.2) is 0 Å². The Hall–Kier alpha value is -1.22. The van der Waals surface area contributed by atoms with Crippen LogP contribution in [0.15, 0.2) is 24.3 Å². The van der Waals surface area contributed by atoms with E-state index in [9.17, 15) is 4.79 Å². The van der Waals surface area contributed by atoms with Crippen molar-refractivity contribution in [2.24, 2.45) is 11.8 Å². The van der Waals surface area contributed by atoms with Crippen LogP contribution in [0.25, 0.3) is 0 Å². The smallest absolute Gasteiger partial charge is 0.224 e. The van der Waals surface area contributed by atoms with Crippen LogP contribution in [0, 0.1) is 11.8 Å². The molecule has 1 aromatic rings. The quantitative estimate of drug-likeness (QED) is 0.818. The molecule has 0 heterocycles. The first-order chi connectivity index (χ1) is 10.2. The molecule has 4 heteroatoms. The highest BCUT2D eigenvalue weighted by Crippen LogP contribution is 2.30. The molecule has 0 bridgehead atoms. The van der Waals surface area contributed by atoms with Gasteiger partial charge in [-0.25, -0.2) is 0 Å². The molecule has 1 aliphatic carbocycles. The van der Waals surface area contributed by atoms with Crippen molar-refractivity contribution in [3.63, 3.8) is 0 Å². The molecule has 2 rings (SSSR count). The van der Waals surface area contributed by atoms with Gasteiger partial charge < -0.3 is 10.1 Å². The summed E-state index contributed by atoms with van der Waals surface area (Å²) < 4.78 is 5.11. The highest BCUT2D eigenvalue weighted by atomic mass is 35.5. The van der Waals surface area contributed by atoms with Gasteiger partial charge in [-0.05, 0) is 42.4 Å². The molecule has 21 heavy (non-hydrogen) atoms. The third kappa shape index (κ3) is 4.92. The zero-order valence-electron chi connectivity index (χ0n) is 12.6. The van der Waals surface area contributed by atoms with Crippen molar-refractivity contribution in [1.29, 1.82) is 0 Å². The number of alkyl halides is 1. The first-order valence-corrected chi connectivity index (χ1v) is 8.22. The van der Waals surface area contributed by atoms with E-state index in [0.29, 0.717) is 24.1 Å². The second-order valence-electron chi connectivity index (χ2n) is 5.79. The summed E-state index contributed by atoms with van der Waals surface area (Å²) in [5, 5.41) is 3.06. The lowest BCUT2D eigenvalue weighted by Gasteiger charge is -2.30. The van der Waals surface area contributed by atoms with Gasteiger partial charge in [-0.15, -0.1) is 11.6 Å². The molecule has 1 saturated carbocycles. The molecule has 0 aliphatic heterocycles. The van der Waals surface area contributed by atoms with Gasteiger partial charge in [-0.1, -0.05) is 25.0 Å². The van der Waals surface area contributed by atoms with Crippen LogP contribution in [0.5, 0.6) is 5.75 Å². The zero-order chi connectivity index (χ0) is 15.1. The number of hydrogen-bond acceptors (Lipinski definition) is 2. The SMILES string of the molecule is COc1ccc(CC(=O)NCC2CCCCC2CCl)cc1. The Labute approximate surface area is 132 Å². The van der Waals surface area contributed by atoms with Gasteiger partial charge in [-0.3, -0.25) is 4.79 Å². The summed E-state index contributed by atoms with van der Waals surface area (Å²) >= 11 is 6.02. The Morgan fingerprint density at radius 3 is 2.52 bits per heavy atom. The molecule has 3 nitrogen and oxygen atoms in total. The number of nitrogens with one attached hydrogen (secondary N) is 1. The molecule has 0 saturated heterocycles. The maximum absolute atomic E-state index is 12.0. The largest absolute Gasteiger partial charge is 0.497 e. The van der Waals surface area contributed by atoms with E-state index >= 15 is 0 Å². The van der Waals surface area contributed by atoms with Gasteiger partial charge >= 0.3 is 0 Å². The number of halogens is 1. The summed E-state index contributed by atoms with van der Waals surface area (Å²) in [6, 6.07) is 7.63. The minimum Gasteiger partial charge on any atom is -0.497 e. The van der Waals surface area contributed by atoms with Crippen LogP contribution < -0.4 is 10.1 Å². The monoisotopic (exact) mass is 309 g/mol. The fourth-order valence-corrected chi connectivity index (χ4v) is 3.40. The zero-order valence-corrected chi connectivity index (χ0v) is 13.4. The van der Waals surface area contributed by atoms with Crippen molar-refractivity contribution < 1.29 is 9.53 Å². The number of rotatable bonds is 6. The summed E-state index contributed by atoms with van der Waals surface area (Å²) in [4.78, 5) is 12.0. The van der Waals surface area contributed by atoms with Gasteiger partial charge in [0, 0.05) is 12.4 Å². The van der Waals surface area contributed by atoms with Crippen molar-refractivity contribution in [3.05, 3.63) is 29.8 Å². The summed E-state index contributed by atoms with van der Waals surface area (Å²) in [5.74, 6) is 2.70. The maximum atomic E-state index is 12.0. The van der Waals surface area contributed by atoms with Crippen LogP contribution in [-0.2, 0) is 11.2 Å². The first kappa shape index (κ1) is 16.2. The minimum atomic E-state index is 0.0825. The molecule has 1 N–H and O–H groups in total. The van der Waals surface area contributed by atoms with E-state index in [1.54, 1.807) is 7.11 Å². The number of ether oxygens (including phenoxy) is 1. The van der Waals surface area contributed by atoms with E-state index < -0.39 is 0 Å². The van der Waals surface area contributed by atoms with Crippen LogP contribution in [0.4, 0.5) is 0 Å². The Kier molecular flexibility index (Phi) is 6.37. The first-order valence-electron chi connectivity index (χ1n) is 7.68. The number of carbonyl (C=O) groups excluding carboxylic acids is 1. The lowest BCUT2D eigenvalue weighted by Crippen LogP contribution is -2.35. The normalized spacial score (nSPS) is 21.8. The van der Waals surface area contributed by atoms with E-state index in [2.05, 4.69) is 5.32 Å². The molecular formula is C17H24ClNO2. The fourth-order valence-electron chi connectivity index (χ4n) is 2.99. The van der Waals surface area contributed by atoms with Crippen LogP contribution in [0.2, 0.25) is 0 Å². The summed E-state index contributed by atoms with van der Waals surface area (Å²) in [6.07, 6.45) is 5.32. The Balaban J connectivity index is 1.78. The molecule has 2 atom stereocenters. The van der Waals surface area contributed by atoms with Gasteiger partial charge in [0.1, 0.15) is 5.75 Å². The summed E-state index contributed by atoms with van der Waals surface area (Å²) in [5.41, 5.74) is 1.01. The lowest BCUT2D eigenvalue weighted by atomic mass is 9.80. The molecule has 1 amide bonds. The van der Waals surface area contributed by atoms with Crippen LogP contribution in [-0.4, -0.2) is 25.4 Å². The molecular weight excluding hydrogens is 286 g/mol. The van der Waals surface area contributed by atoms with E-state index in [-0.39, 0.29) is 5.91 Å². The van der Waals surface area contributed by atoms with Crippen LogP contribution >= 0.6 is 11.6 Å². The van der Waals surface area contributed by atoms with Crippen molar-refractivity contribution in [1.82, 2.24) is 5.32 Å². The number of hydrogen-bond donors (Lipinski definition) is 1. The third-order valence-corrected chi connectivity index (χ3v) is 4.75. The Morgan fingerprint density at radius 2 is 1.90 bits per heavy atom. The van der Waals surface area contributed by atoms with E-state index in [0.717, 1.165) is 17.9 Å². The number of methoxy groups -OCH3 is 1. The molecule has 116 valence electrons. The molecule has 2 unspecified atom stereocenters. The number of carbonyl (C=O) groups is 1. The van der Waals surface area contributed by atoms with Gasteiger partial charge in [-0.2, -0.15) is 0 Å². The topological polar surface area (TPSA) is 38.3 Å². The standard InChI is InChI=1S/C17H24ClNO2/c1-21-16-8-6-13(7-9-16)10-17(20)19-12-15-5-3-2-4-14(15)11-18/h6-9,14-15H,2-5,10-12H2,1H3,(H,19,20). The maximum Gasteiger partial charge on any atom is 0.224 e. The van der Waals surface area contributed by atoms with E-state index in [1.165, 1.54) is 25.7 Å². The third-order valence-electron chi connectivity index (χ3n) is 4.35. The average molecular weight is 310 g/mol. The minimum absolute atomic E-state index is 0.0825. The summed E-state index contributed by atoms with van der Waals surface area (Å²) in [6.45, 7) is 0.756. The predicted molar refractivity (Wildman–Crippen MR) is 85.9 cm³/mol. The summed E-state index contributed by atoms with van der Waals surface area (Å²) in [7, 11) is 1.64. The predicted octanol–water partition coefficient (Wildman–Crippen LogP) is 3.40. The molecule has 0 aromatic heterocycles. The highest BCUT2D eigenvalue weighted by molar-refractivity contribution is 6.18. The number of benzene rings is 1. The van der Waals surface area contributed by atoms with Crippen molar-refractivity contribution in [2.75, 3.05) is 19.5 Å². The van der Waals surface area contributed by atoms with E-state index in [4.69, 9.17) is 16.3 Å². The molecule has 1 aliphatic rings. The van der Waals surface area contributed by atoms with Gasteiger partial charge in [0.2, 0.25) is 5.91 Å². The molecule has 1 fully saturated rings. The van der Waals surface area contributed by atoms with Gasteiger partial charge in [0.05, 0.1) is 13.5 Å². The van der Waals surface area contributed by atoms with Crippen LogP contribution in [0.3, 0.4) is 0 Å². The molecule has 1 aromatic carbocycles. The Bertz CT molecular complexity index is 447. The molecule has 0 spiro atoms. The highest BCUT2D eigenvalue weighted by Gasteiger charge is 2.24. The van der Waals surface area contributed by atoms with Crippen molar-refractivity contribution in [3.8, 4) is 5.75 Å². The van der Waals surface area contributed by atoms with Crippen LogP contribution in [0.1, 0.15) is 31.2 Å². The van der Waals surface area contributed by atoms with Gasteiger partial charge in [0.25, 0.3) is 0 Å².